The van der Waals surface area contributed by atoms with Crippen molar-refractivity contribution in [2.45, 2.75) is 167 Å². The van der Waals surface area contributed by atoms with Crippen LogP contribution in [-0.4, -0.2) is 68.5 Å². The summed E-state index contributed by atoms with van der Waals surface area (Å²) in [5, 5.41) is 13.6. The number of amides is 1. The average Bonchev–Trinajstić information content (AvgIpc) is 2.99. The number of phosphoric acid groups is 1. The standard InChI is InChI=1S/C37H73N2O6P/c1-6-8-10-12-14-16-18-19-20-21-23-25-27-29-31-37(41)38-35(34-45-46(42,43)44-33-32-39(3,4)5)36(40)30-28-26-24-22-17-15-13-11-9-7-2/h17,22,28,30,35-36,40H,6-16,18-21,23-27,29,31-34H2,1-5H3,(H-,38,41,42,43)/b22-17+,30-28+/t35-,36+/m0/s1. The van der Waals surface area contributed by atoms with E-state index in [4.69, 9.17) is 9.05 Å². The van der Waals surface area contributed by atoms with Gasteiger partial charge in [-0.2, -0.15) is 0 Å². The van der Waals surface area contributed by atoms with Crippen molar-refractivity contribution in [2.24, 2.45) is 0 Å². The molecule has 46 heavy (non-hydrogen) atoms. The first-order chi connectivity index (χ1) is 22.0. The smallest absolute Gasteiger partial charge is 0.268 e. The van der Waals surface area contributed by atoms with Crippen LogP contribution in [0.1, 0.15) is 155 Å². The molecule has 0 fully saturated rings. The Hall–Kier alpha value is -1.02. The number of carbonyl (C=O) groups excluding carboxylic acids is 1. The Morgan fingerprint density at radius 3 is 1.76 bits per heavy atom. The van der Waals surface area contributed by atoms with E-state index in [0.717, 1.165) is 38.5 Å². The van der Waals surface area contributed by atoms with Crippen molar-refractivity contribution in [1.29, 1.82) is 0 Å². The van der Waals surface area contributed by atoms with Gasteiger partial charge in [-0.25, -0.2) is 0 Å². The molecule has 0 saturated heterocycles. The molecule has 0 saturated carbocycles. The maximum Gasteiger partial charge on any atom is 0.268 e. The van der Waals surface area contributed by atoms with Crippen molar-refractivity contribution in [3.05, 3.63) is 24.3 Å². The van der Waals surface area contributed by atoms with Gasteiger partial charge in [-0.1, -0.05) is 141 Å². The van der Waals surface area contributed by atoms with Crippen LogP contribution in [0.4, 0.5) is 0 Å². The van der Waals surface area contributed by atoms with Crippen molar-refractivity contribution in [1.82, 2.24) is 5.32 Å². The van der Waals surface area contributed by atoms with Gasteiger partial charge in [0, 0.05) is 6.42 Å². The lowest BCUT2D eigenvalue weighted by molar-refractivity contribution is -0.870. The highest BCUT2D eigenvalue weighted by molar-refractivity contribution is 7.45. The summed E-state index contributed by atoms with van der Waals surface area (Å²) >= 11 is 0. The van der Waals surface area contributed by atoms with E-state index in [1.807, 2.05) is 27.2 Å². The molecule has 0 aliphatic heterocycles. The number of rotatable bonds is 33. The average molecular weight is 673 g/mol. The molecule has 0 heterocycles. The van der Waals surface area contributed by atoms with Gasteiger partial charge < -0.3 is 28.8 Å². The van der Waals surface area contributed by atoms with Gasteiger partial charge in [0.2, 0.25) is 5.91 Å². The third kappa shape index (κ3) is 31.6. The Balaban J connectivity index is 4.54. The molecule has 0 aliphatic carbocycles. The second-order valence-electron chi connectivity index (χ2n) is 13.9. The van der Waals surface area contributed by atoms with Crippen molar-refractivity contribution in [3.63, 3.8) is 0 Å². The molecular weight excluding hydrogens is 599 g/mol. The van der Waals surface area contributed by atoms with Gasteiger partial charge in [-0.3, -0.25) is 9.36 Å². The lowest BCUT2D eigenvalue weighted by Gasteiger charge is -2.29. The number of phosphoric ester groups is 1. The number of allylic oxidation sites excluding steroid dienone is 3. The Bertz CT molecular complexity index is 814. The third-order valence-electron chi connectivity index (χ3n) is 8.16. The number of carbonyl (C=O) groups is 1. The largest absolute Gasteiger partial charge is 0.756 e. The molecule has 8 nitrogen and oxygen atoms in total. The minimum absolute atomic E-state index is 0.00495. The van der Waals surface area contributed by atoms with E-state index in [2.05, 4.69) is 31.3 Å². The fourth-order valence-electron chi connectivity index (χ4n) is 5.11. The third-order valence-corrected chi connectivity index (χ3v) is 9.13. The number of unbranched alkanes of at least 4 members (excludes halogenated alkanes) is 18. The van der Waals surface area contributed by atoms with E-state index >= 15 is 0 Å². The van der Waals surface area contributed by atoms with Gasteiger partial charge in [-0.15, -0.1) is 0 Å². The fourth-order valence-corrected chi connectivity index (χ4v) is 5.83. The van der Waals surface area contributed by atoms with Crippen molar-refractivity contribution >= 4 is 13.7 Å². The van der Waals surface area contributed by atoms with Gasteiger partial charge in [0.15, 0.2) is 0 Å². The monoisotopic (exact) mass is 673 g/mol. The molecule has 1 amide bonds. The van der Waals surface area contributed by atoms with Crippen LogP contribution < -0.4 is 10.2 Å². The van der Waals surface area contributed by atoms with E-state index in [9.17, 15) is 19.4 Å². The topological polar surface area (TPSA) is 108 Å². The number of hydrogen-bond acceptors (Lipinski definition) is 6. The maximum absolute atomic E-state index is 12.7. The molecule has 3 atom stereocenters. The fraction of sp³-hybridized carbons (Fsp3) is 0.865. The number of nitrogens with one attached hydrogen (secondary N) is 1. The van der Waals surface area contributed by atoms with Crippen molar-refractivity contribution in [3.8, 4) is 0 Å². The van der Waals surface area contributed by atoms with Crippen molar-refractivity contribution < 1.29 is 32.9 Å². The normalized spacial score (nSPS) is 15.0. The van der Waals surface area contributed by atoms with Crippen LogP contribution in [0, 0.1) is 0 Å². The van der Waals surface area contributed by atoms with Gasteiger partial charge in [0.1, 0.15) is 13.2 Å². The molecule has 0 aromatic heterocycles. The van der Waals surface area contributed by atoms with Crippen LogP contribution in [0.2, 0.25) is 0 Å². The summed E-state index contributed by atoms with van der Waals surface area (Å²) in [6.45, 7) is 4.56. The lowest BCUT2D eigenvalue weighted by atomic mass is 10.0. The molecule has 0 aromatic carbocycles. The SMILES string of the molecule is CCCCCC/C=C/CC/C=C/[C@@H](O)[C@H](COP(=O)([O-])OCC[N+](C)(C)C)NC(=O)CCCCCCCCCCCCCCCC. The van der Waals surface area contributed by atoms with E-state index in [1.54, 1.807) is 6.08 Å². The lowest BCUT2D eigenvalue weighted by Crippen LogP contribution is -2.45. The van der Waals surface area contributed by atoms with E-state index in [1.165, 1.54) is 96.3 Å². The summed E-state index contributed by atoms with van der Waals surface area (Å²) in [6, 6.07) is -0.895. The molecule has 2 N–H and O–H groups in total. The predicted octanol–water partition coefficient (Wildman–Crippen LogP) is 8.77. The Morgan fingerprint density at radius 1 is 0.739 bits per heavy atom. The summed E-state index contributed by atoms with van der Waals surface area (Å²) in [7, 11) is 1.24. The van der Waals surface area contributed by atoms with Crippen molar-refractivity contribution in [2.75, 3.05) is 40.9 Å². The molecule has 0 bridgehead atoms. The van der Waals surface area contributed by atoms with Gasteiger partial charge in [0.25, 0.3) is 7.82 Å². The number of hydrogen-bond donors (Lipinski definition) is 2. The van der Waals surface area contributed by atoms with E-state index < -0.39 is 26.6 Å². The number of likely N-dealkylation sites (N-methyl/N-ethyl adjacent to an activating group) is 1. The Morgan fingerprint density at radius 2 is 1.22 bits per heavy atom. The molecule has 272 valence electrons. The van der Waals surface area contributed by atoms with Crippen LogP contribution in [0.3, 0.4) is 0 Å². The number of aliphatic hydroxyl groups is 1. The first-order valence-corrected chi connectivity index (χ1v) is 20.2. The number of quaternary nitrogens is 1. The Labute approximate surface area is 284 Å². The quantitative estimate of drug-likeness (QED) is 0.0312. The van der Waals surface area contributed by atoms with Crippen LogP contribution >= 0.6 is 7.82 Å². The van der Waals surface area contributed by atoms with Crippen LogP contribution in [0.15, 0.2) is 24.3 Å². The summed E-state index contributed by atoms with van der Waals surface area (Å²) < 4.78 is 23.0. The minimum atomic E-state index is -4.58. The molecule has 9 heteroatoms. The first-order valence-electron chi connectivity index (χ1n) is 18.7. The first kappa shape index (κ1) is 45.0. The summed E-state index contributed by atoms with van der Waals surface area (Å²) in [5.74, 6) is -0.210. The number of aliphatic hydroxyl groups excluding tert-OH is 1. The van der Waals surface area contributed by atoms with E-state index in [-0.39, 0.29) is 12.5 Å². The second kappa shape index (κ2) is 30.1. The zero-order valence-electron chi connectivity index (χ0n) is 30.5. The predicted molar refractivity (Wildman–Crippen MR) is 192 cm³/mol. The summed E-state index contributed by atoms with van der Waals surface area (Å²) in [5.41, 5.74) is 0. The van der Waals surface area contributed by atoms with Gasteiger partial charge in [-0.05, 0) is 32.1 Å². The van der Waals surface area contributed by atoms with Gasteiger partial charge in [0.05, 0.1) is 39.9 Å². The molecule has 0 rings (SSSR count). The highest BCUT2D eigenvalue weighted by Gasteiger charge is 2.23. The Kier molecular flexibility index (Phi) is 29.4. The van der Waals surface area contributed by atoms with Crippen LogP contribution in [0.25, 0.3) is 0 Å². The summed E-state index contributed by atoms with van der Waals surface area (Å²) in [6.07, 6.45) is 32.2. The highest BCUT2D eigenvalue weighted by atomic mass is 31.2. The second-order valence-corrected chi connectivity index (χ2v) is 15.3. The zero-order valence-corrected chi connectivity index (χ0v) is 31.4. The molecule has 1 unspecified atom stereocenters. The zero-order chi connectivity index (χ0) is 34.4. The molecule has 0 spiro atoms. The molecule has 0 aromatic rings. The molecule has 0 aliphatic rings. The summed E-state index contributed by atoms with van der Waals surface area (Å²) in [4.78, 5) is 25.1. The molecule has 0 radical (unpaired) electrons. The minimum Gasteiger partial charge on any atom is -0.756 e. The number of nitrogens with zero attached hydrogens (tertiary/aromatic N) is 1. The molecular formula is C37H73N2O6P. The van der Waals surface area contributed by atoms with Gasteiger partial charge >= 0.3 is 0 Å². The van der Waals surface area contributed by atoms with E-state index in [0.29, 0.717) is 17.4 Å². The highest BCUT2D eigenvalue weighted by Crippen LogP contribution is 2.38. The van der Waals surface area contributed by atoms with Crippen LogP contribution in [-0.2, 0) is 18.4 Å². The van der Waals surface area contributed by atoms with Crippen LogP contribution in [0.5, 0.6) is 0 Å². The maximum atomic E-state index is 12.7.